The van der Waals surface area contributed by atoms with Gasteiger partial charge in [-0.1, -0.05) is 35.9 Å². The fourth-order valence-corrected chi connectivity index (χ4v) is 5.37. The minimum absolute atomic E-state index is 0.0961. The molecule has 1 spiro atoms. The summed E-state index contributed by atoms with van der Waals surface area (Å²) in [4.78, 5) is 17.3. The zero-order valence-electron chi connectivity index (χ0n) is 19.8. The maximum atomic E-state index is 14.3. The summed E-state index contributed by atoms with van der Waals surface area (Å²) in [5.41, 5.74) is 2.07. The molecular weight excluding hydrogens is 463 g/mol. The highest BCUT2D eigenvalue weighted by Gasteiger charge is 2.38. The lowest BCUT2D eigenvalue weighted by Crippen LogP contribution is -2.48. The standard InChI is InChI=1S/C29H30ClFN2O2/c30-24-9-7-23(8-10-24)28(34)33-18-14-29(15-19-33)12-16-32(17-13-29)21-22-6-11-26(31)27(20-22)35-25-4-2-1-3-5-25/h1-11,20H,12-19,21H2. The van der Waals surface area contributed by atoms with Crippen LogP contribution in [0.25, 0.3) is 0 Å². The van der Waals surface area contributed by atoms with Crippen molar-refractivity contribution in [2.45, 2.75) is 32.2 Å². The first-order valence-electron chi connectivity index (χ1n) is 12.3. The van der Waals surface area contributed by atoms with E-state index in [4.69, 9.17) is 16.3 Å². The lowest BCUT2D eigenvalue weighted by molar-refractivity contribution is 0.0285. The molecule has 5 rings (SSSR count). The van der Waals surface area contributed by atoms with E-state index in [0.717, 1.165) is 64.0 Å². The van der Waals surface area contributed by atoms with Crippen LogP contribution in [0.4, 0.5) is 4.39 Å². The van der Waals surface area contributed by atoms with Gasteiger partial charge in [-0.3, -0.25) is 9.69 Å². The summed E-state index contributed by atoms with van der Waals surface area (Å²) >= 11 is 5.96. The minimum atomic E-state index is -0.352. The Bertz CT molecular complexity index is 1150. The second kappa shape index (κ2) is 10.4. The molecule has 4 nitrogen and oxygen atoms in total. The maximum absolute atomic E-state index is 14.3. The van der Waals surface area contributed by atoms with Gasteiger partial charge in [0.1, 0.15) is 5.75 Å². The van der Waals surface area contributed by atoms with Crippen LogP contribution in [-0.2, 0) is 6.54 Å². The molecule has 2 fully saturated rings. The monoisotopic (exact) mass is 492 g/mol. The summed E-state index contributed by atoms with van der Waals surface area (Å²) in [5, 5.41) is 0.645. The van der Waals surface area contributed by atoms with E-state index in [2.05, 4.69) is 4.90 Å². The summed E-state index contributed by atoms with van der Waals surface area (Å²) in [6.45, 7) is 4.41. The largest absolute Gasteiger partial charge is 0.454 e. The van der Waals surface area contributed by atoms with Crippen LogP contribution in [0.3, 0.4) is 0 Å². The number of amides is 1. The number of hydrogen-bond acceptors (Lipinski definition) is 3. The number of hydrogen-bond donors (Lipinski definition) is 0. The Morgan fingerprint density at radius 1 is 0.886 bits per heavy atom. The van der Waals surface area contributed by atoms with Crippen LogP contribution in [0.2, 0.25) is 5.02 Å². The minimum Gasteiger partial charge on any atom is -0.454 e. The van der Waals surface area contributed by atoms with E-state index in [9.17, 15) is 9.18 Å². The van der Waals surface area contributed by atoms with Gasteiger partial charge in [-0.2, -0.15) is 0 Å². The van der Waals surface area contributed by atoms with Crippen LogP contribution in [-0.4, -0.2) is 41.9 Å². The molecule has 0 saturated carbocycles. The van der Waals surface area contributed by atoms with E-state index < -0.39 is 0 Å². The summed E-state index contributed by atoms with van der Waals surface area (Å²) < 4.78 is 20.1. The Morgan fingerprint density at radius 2 is 1.54 bits per heavy atom. The summed E-state index contributed by atoms with van der Waals surface area (Å²) in [7, 11) is 0. The Kier molecular flexibility index (Phi) is 7.07. The van der Waals surface area contributed by atoms with E-state index in [1.165, 1.54) is 6.07 Å². The Morgan fingerprint density at radius 3 is 2.23 bits per heavy atom. The number of piperidine rings is 2. The van der Waals surface area contributed by atoms with Gasteiger partial charge in [0.15, 0.2) is 11.6 Å². The van der Waals surface area contributed by atoms with E-state index >= 15 is 0 Å². The van der Waals surface area contributed by atoms with Gasteiger partial charge in [0.05, 0.1) is 0 Å². The van der Waals surface area contributed by atoms with Crippen molar-refractivity contribution in [1.29, 1.82) is 0 Å². The fraction of sp³-hybridized carbons (Fsp3) is 0.345. The molecule has 0 atom stereocenters. The average molecular weight is 493 g/mol. The molecule has 2 saturated heterocycles. The van der Waals surface area contributed by atoms with Crippen LogP contribution in [0, 0.1) is 11.2 Å². The summed E-state index contributed by atoms with van der Waals surface area (Å²) in [6.07, 6.45) is 4.35. The van der Waals surface area contributed by atoms with Crippen molar-refractivity contribution < 1.29 is 13.9 Å². The second-order valence-corrected chi connectivity index (χ2v) is 10.2. The Hall–Kier alpha value is -2.89. The Labute approximate surface area is 211 Å². The third-order valence-electron chi connectivity index (χ3n) is 7.49. The molecule has 0 bridgehead atoms. The van der Waals surface area contributed by atoms with Gasteiger partial charge in [-0.05, 0) is 98.3 Å². The summed E-state index contributed by atoms with van der Waals surface area (Å²) in [6, 6.07) is 21.6. The molecule has 182 valence electrons. The topological polar surface area (TPSA) is 32.8 Å². The highest BCUT2D eigenvalue weighted by molar-refractivity contribution is 6.30. The molecule has 0 aliphatic carbocycles. The third kappa shape index (κ3) is 5.68. The van der Waals surface area contributed by atoms with Gasteiger partial charge in [-0.15, -0.1) is 0 Å². The van der Waals surface area contributed by atoms with E-state index in [-0.39, 0.29) is 17.5 Å². The molecule has 0 radical (unpaired) electrons. The van der Waals surface area contributed by atoms with Crippen molar-refractivity contribution in [2.24, 2.45) is 5.41 Å². The van der Waals surface area contributed by atoms with Crippen molar-refractivity contribution in [3.63, 3.8) is 0 Å². The molecule has 0 unspecified atom stereocenters. The van der Waals surface area contributed by atoms with E-state index in [1.54, 1.807) is 24.3 Å². The maximum Gasteiger partial charge on any atom is 0.253 e. The van der Waals surface area contributed by atoms with Gasteiger partial charge in [0.25, 0.3) is 5.91 Å². The van der Waals surface area contributed by atoms with E-state index in [0.29, 0.717) is 21.8 Å². The molecule has 6 heteroatoms. The number of rotatable bonds is 5. The van der Waals surface area contributed by atoms with Crippen LogP contribution in [0.15, 0.2) is 72.8 Å². The molecule has 2 aliphatic heterocycles. The predicted octanol–water partition coefficient (Wildman–Crippen LogP) is 6.79. The molecule has 0 N–H and O–H groups in total. The quantitative estimate of drug-likeness (QED) is 0.393. The number of carbonyl (C=O) groups excluding carboxylic acids is 1. The van der Waals surface area contributed by atoms with Gasteiger partial charge in [0.2, 0.25) is 0 Å². The number of carbonyl (C=O) groups is 1. The molecule has 2 aliphatic rings. The molecule has 0 aromatic heterocycles. The third-order valence-corrected chi connectivity index (χ3v) is 7.74. The molecular formula is C29H30ClFN2O2. The number of para-hydroxylation sites is 1. The number of ether oxygens (including phenoxy) is 1. The van der Waals surface area contributed by atoms with Crippen molar-refractivity contribution >= 4 is 17.5 Å². The first-order valence-corrected chi connectivity index (χ1v) is 12.7. The van der Waals surface area contributed by atoms with Crippen LogP contribution in [0.1, 0.15) is 41.6 Å². The van der Waals surface area contributed by atoms with Crippen molar-refractivity contribution in [3.05, 3.63) is 94.8 Å². The zero-order chi connectivity index (χ0) is 24.3. The number of benzene rings is 3. The van der Waals surface area contributed by atoms with Crippen molar-refractivity contribution in [2.75, 3.05) is 26.2 Å². The van der Waals surface area contributed by atoms with Gasteiger partial charge < -0.3 is 9.64 Å². The van der Waals surface area contributed by atoms with Gasteiger partial charge in [0, 0.05) is 30.2 Å². The van der Waals surface area contributed by atoms with Crippen molar-refractivity contribution in [1.82, 2.24) is 9.80 Å². The smallest absolute Gasteiger partial charge is 0.253 e. The highest BCUT2D eigenvalue weighted by atomic mass is 35.5. The van der Waals surface area contributed by atoms with Crippen LogP contribution >= 0.6 is 11.6 Å². The first-order chi connectivity index (χ1) is 17.0. The average Bonchev–Trinajstić information content (AvgIpc) is 2.89. The number of nitrogens with zero attached hydrogens (tertiary/aromatic N) is 2. The van der Waals surface area contributed by atoms with Crippen LogP contribution in [0.5, 0.6) is 11.5 Å². The van der Waals surface area contributed by atoms with E-state index in [1.807, 2.05) is 47.4 Å². The zero-order valence-corrected chi connectivity index (χ0v) is 20.5. The predicted molar refractivity (Wildman–Crippen MR) is 136 cm³/mol. The summed E-state index contributed by atoms with van der Waals surface area (Å²) in [5.74, 6) is 0.637. The molecule has 2 heterocycles. The first kappa shape index (κ1) is 23.8. The molecule has 3 aromatic carbocycles. The highest BCUT2D eigenvalue weighted by Crippen LogP contribution is 2.42. The molecule has 35 heavy (non-hydrogen) atoms. The lowest BCUT2D eigenvalue weighted by Gasteiger charge is -2.47. The fourth-order valence-electron chi connectivity index (χ4n) is 5.24. The van der Waals surface area contributed by atoms with Gasteiger partial charge >= 0.3 is 0 Å². The number of likely N-dealkylation sites (tertiary alicyclic amines) is 2. The molecule has 3 aromatic rings. The normalized spacial score (nSPS) is 17.9. The second-order valence-electron chi connectivity index (χ2n) is 9.76. The number of halogens is 2. The Balaban J connectivity index is 1.14. The molecule has 1 amide bonds. The van der Waals surface area contributed by atoms with Crippen LogP contribution < -0.4 is 4.74 Å². The van der Waals surface area contributed by atoms with Gasteiger partial charge in [-0.25, -0.2) is 4.39 Å². The van der Waals surface area contributed by atoms with Crippen molar-refractivity contribution in [3.8, 4) is 11.5 Å². The SMILES string of the molecule is O=C(c1ccc(Cl)cc1)N1CCC2(CCN(Cc3ccc(F)c(Oc4ccccc4)c3)CC2)CC1. The lowest BCUT2D eigenvalue weighted by atomic mass is 9.71.